The van der Waals surface area contributed by atoms with Gasteiger partial charge in [-0.1, -0.05) is 26.0 Å². The molecule has 34 heavy (non-hydrogen) atoms. The quantitative estimate of drug-likeness (QED) is 0.262. The number of nitrogens with zero attached hydrogens (tertiary/aromatic N) is 1. The largest absolute Gasteiger partial charge is 0.491 e. The predicted octanol–water partition coefficient (Wildman–Crippen LogP) is 0.864. The Morgan fingerprint density at radius 3 is 2.41 bits per heavy atom. The van der Waals surface area contributed by atoms with E-state index in [-0.39, 0.29) is 19.1 Å². The number of likely N-dealkylation sites (tertiary alicyclic amines) is 1. The zero-order valence-electron chi connectivity index (χ0n) is 20.1. The monoisotopic (exact) mass is 479 g/mol. The fraction of sp³-hybridized carbons (Fsp3) is 0.625. The Balaban J connectivity index is 1.84. The Kier molecular flexibility index (Phi) is 10.7. The third-order valence-corrected chi connectivity index (χ3v) is 5.79. The van der Waals surface area contributed by atoms with Gasteiger partial charge in [-0.05, 0) is 50.3 Å². The van der Waals surface area contributed by atoms with Crippen LogP contribution in [0.2, 0.25) is 0 Å². The predicted molar refractivity (Wildman–Crippen MR) is 126 cm³/mol. The number of aryl methyl sites for hydroxylation is 1. The van der Waals surface area contributed by atoms with Crippen LogP contribution in [0.5, 0.6) is 5.75 Å². The van der Waals surface area contributed by atoms with E-state index in [1.54, 1.807) is 19.1 Å². The fourth-order valence-corrected chi connectivity index (χ4v) is 3.87. The molecule has 190 valence electrons. The van der Waals surface area contributed by atoms with Gasteiger partial charge in [0, 0.05) is 19.1 Å². The number of benzene rings is 1. The minimum absolute atomic E-state index is 0.162. The molecule has 1 saturated heterocycles. The molecule has 10 heteroatoms. The van der Waals surface area contributed by atoms with Crippen molar-refractivity contribution in [2.75, 3.05) is 19.7 Å². The van der Waals surface area contributed by atoms with Crippen molar-refractivity contribution in [3.8, 4) is 5.75 Å². The Bertz CT molecular complexity index is 815. The van der Waals surface area contributed by atoms with Gasteiger partial charge in [-0.15, -0.1) is 0 Å². The lowest BCUT2D eigenvalue weighted by atomic mass is 10.0. The van der Waals surface area contributed by atoms with Crippen LogP contribution in [0.1, 0.15) is 45.6 Å². The topological polar surface area (TPSA) is 148 Å². The molecular weight excluding hydrogens is 442 g/mol. The molecule has 1 amide bonds. The molecule has 0 aromatic heterocycles. The highest BCUT2D eigenvalue weighted by Gasteiger charge is 2.36. The Hall–Kier alpha value is -2.69. The highest BCUT2D eigenvalue weighted by atomic mass is 16.5. The van der Waals surface area contributed by atoms with Gasteiger partial charge < -0.3 is 30.3 Å². The van der Waals surface area contributed by atoms with Crippen molar-refractivity contribution in [2.45, 2.75) is 76.7 Å². The molecule has 0 bridgehead atoms. The summed E-state index contributed by atoms with van der Waals surface area (Å²) in [4.78, 5) is 37.1. The summed E-state index contributed by atoms with van der Waals surface area (Å²) in [6.07, 6.45) is 1.12. The van der Waals surface area contributed by atoms with Gasteiger partial charge in [0.1, 0.15) is 30.5 Å². The molecule has 0 saturated carbocycles. The Morgan fingerprint density at radius 2 is 1.82 bits per heavy atom. The number of carbonyl (C=O) groups excluding carboxylic acids is 1. The lowest BCUT2D eigenvalue weighted by molar-refractivity contribution is -0.149. The summed E-state index contributed by atoms with van der Waals surface area (Å²) in [6.45, 7) is 6.52. The molecule has 10 nitrogen and oxygen atoms in total. The first-order valence-electron chi connectivity index (χ1n) is 11.7. The summed E-state index contributed by atoms with van der Waals surface area (Å²) >= 11 is 0. The van der Waals surface area contributed by atoms with E-state index >= 15 is 0 Å². The summed E-state index contributed by atoms with van der Waals surface area (Å²) in [5, 5.41) is 34.8. The van der Waals surface area contributed by atoms with Crippen LogP contribution in [0, 0.1) is 0 Å². The zero-order chi connectivity index (χ0) is 25.3. The first-order valence-corrected chi connectivity index (χ1v) is 11.7. The maximum absolute atomic E-state index is 12.7. The van der Waals surface area contributed by atoms with Gasteiger partial charge in [0.15, 0.2) is 0 Å². The number of nitrogens with one attached hydrogen (secondary N) is 2. The first kappa shape index (κ1) is 27.6. The Morgan fingerprint density at radius 1 is 1.15 bits per heavy atom. The standard InChI is InChI=1S/C24H37N3O7/c1-15(2)25-13-18(28)14-34-19-9-6-17(7-10-19)8-11-20(23(30)31)26-16(3)22(29)27-12-4-5-21(27)24(32)33/h6-7,9-10,15-16,18,20-21,25-26,28H,4-5,8,11-14H2,1-3H3,(H,30,31)(H,32,33)/t16-,18-,20-,21-/m0/s1. The van der Waals surface area contributed by atoms with E-state index in [1.165, 1.54) is 4.90 Å². The summed E-state index contributed by atoms with van der Waals surface area (Å²) in [6, 6.07) is 4.87. The summed E-state index contributed by atoms with van der Waals surface area (Å²) in [5.74, 6) is -1.90. The lowest BCUT2D eigenvalue weighted by Crippen LogP contribution is -2.53. The molecule has 1 aromatic carbocycles. The second-order valence-electron chi connectivity index (χ2n) is 9.02. The number of carbonyl (C=O) groups is 3. The minimum Gasteiger partial charge on any atom is -0.491 e. The molecule has 1 fully saturated rings. The van der Waals surface area contributed by atoms with Gasteiger partial charge in [0.2, 0.25) is 5.91 Å². The van der Waals surface area contributed by atoms with E-state index in [2.05, 4.69) is 10.6 Å². The van der Waals surface area contributed by atoms with E-state index in [0.717, 1.165) is 5.56 Å². The van der Waals surface area contributed by atoms with Crippen molar-refractivity contribution >= 4 is 17.8 Å². The number of carboxylic acids is 2. The number of aliphatic carboxylic acids is 2. The molecular formula is C24H37N3O7. The van der Waals surface area contributed by atoms with Gasteiger partial charge >= 0.3 is 11.9 Å². The van der Waals surface area contributed by atoms with Gasteiger partial charge in [-0.3, -0.25) is 14.9 Å². The third-order valence-electron chi connectivity index (χ3n) is 5.79. The third kappa shape index (κ3) is 8.58. The van der Waals surface area contributed by atoms with E-state index in [4.69, 9.17) is 4.74 Å². The number of rotatable bonds is 14. The van der Waals surface area contributed by atoms with Crippen LogP contribution < -0.4 is 15.4 Å². The fourth-order valence-electron chi connectivity index (χ4n) is 3.87. The van der Waals surface area contributed by atoms with Crippen molar-refractivity contribution in [3.05, 3.63) is 29.8 Å². The second kappa shape index (κ2) is 13.3. The number of hydrogen-bond donors (Lipinski definition) is 5. The number of aliphatic hydroxyl groups is 1. The number of aliphatic hydroxyl groups excluding tert-OH is 1. The molecule has 1 aliphatic heterocycles. The zero-order valence-corrected chi connectivity index (χ0v) is 20.1. The first-order chi connectivity index (χ1) is 16.1. The number of hydrogen-bond acceptors (Lipinski definition) is 7. The maximum Gasteiger partial charge on any atom is 0.326 e. The van der Waals surface area contributed by atoms with Crippen LogP contribution in [-0.2, 0) is 20.8 Å². The van der Waals surface area contributed by atoms with Crippen molar-refractivity contribution in [1.82, 2.24) is 15.5 Å². The van der Waals surface area contributed by atoms with Gasteiger partial charge in [0.05, 0.1) is 6.04 Å². The average molecular weight is 480 g/mol. The Labute approximate surface area is 200 Å². The van der Waals surface area contributed by atoms with Gasteiger partial charge in [-0.25, -0.2) is 4.79 Å². The molecule has 4 atom stereocenters. The van der Waals surface area contributed by atoms with Crippen molar-refractivity contribution < 1.29 is 34.4 Å². The summed E-state index contributed by atoms with van der Waals surface area (Å²) in [7, 11) is 0. The van der Waals surface area contributed by atoms with Crippen LogP contribution in [-0.4, -0.2) is 88.0 Å². The average Bonchev–Trinajstić information content (AvgIpc) is 3.29. The molecule has 0 spiro atoms. The maximum atomic E-state index is 12.7. The van der Waals surface area contributed by atoms with Crippen molar-refractivity contribution in [3.63, 3.8) is 0 Å². The highest BCUT2D eigenvalue weighted by Crippen LogP contribution is 2.19. The molecule has 2 rings (SSSR count). The second-order valence-corrected chi connectivity index (χ2v) is 9.02. The number of amides is 1. The smallest absolute Gasteiger partial charge is 0.326 e. The summed E-state index contributed by atoms with van der Waals surface area (Å²) in [5.41, 5.74) is 0.909. The molecule has 1 heterocycles. The number of ether oxygens (including phenoxy) is 1. The van der Waals surface area contributed by atoms with Crippen LogP contribution in [0.4, 0.5) is 0 Å². The van der Waals surface area contributed by atoms with Crippen molar-refractivity contribution in [1.29, 1.82) is 0 Å². The van der Waals surface area contributed by atoms with E-state index in [1.807, 2.05) is 26.0 Å². The lowest BCUT2D eigenvalue weighted by Gasteiger charge is -2.27. The van der Waals surface area contributed by atoms with Gasteiger partial charge in [0.25, 0.3) is 0 Å². The molecule has 1 aromatic rings. The van der Waals surface area contributed by atoms with Crippen LogP contribution in [0.3, 0.4) is 0 Å². The van der Waals surface area contributed by atoms with Crippen LogP contribution >= 0.6 is 0 Å². The molecule has 1 aliphatic rings. The minimum atomic E-state index is -1.07. The van der Waals surface area contributed by atoms with Crippen LogP contribution in [0.15, 0.2) is 24.3 Å². The molecule has 5 N–H and O–H groups in total. The molecule has 0 unspecified atom stereocenters. The molecule has 0 radical (unpaired) electrons. The SMILES string of the molecule is CC(C)NC[C@H](O)COc1ccc(CC[C@H](N[C@@H](C)C(=O)N2CCC[C@H]2C(=O)O)C(=O)O)cc1. The summed E-state index contributed by atoms with van der Waals surface area (Å²) < 4.78 is 5.59. The van der Waals surface area contributed by atoms with E-state index in [9.17, 15) is 29.7 Å². The highest BCUT2D eigenvalue weighted by molar-refractivity contribution is 5.88. The van der Waals surface area contributed by atoms with E-state index in [0.29, 0.717) is 38.1 Å². The van der Waals surface area contributed by atoms with Gasteiger partial charge in [-0.2, -0.15) is 0 Å². The molecule has 0 aliphatic carbocycles. The van der Waals surface area contributed by atoms with E-state index < -0.39 is 42.1 Å². The van der Waals surface area contributed by atoms with Crippen molar-refractivity contribution in [2.24, 2.45) is 0 Å². The number of carboxylic acid groups (broad SMARTS) is 2. The normalized spacial score (nSPS) is 18.5. The van der Waals surface area contributed by atoms with Crippen LogP contribution in [0.25, 0.3) is 0 Å².